The smallest absolute Gasteiger partial charge is 0.0958 e. The Hall–Kier alpha value is -2.24. The predicted molar refractivity (Wildman–Crippen MR) is 78.8 cm³/mol. The second-order valence-electron chi connectivity index (χ2n) is 4.81. The van der Waals surface area contributed by atoms with Crippen molar-refractivity contribution in [2.45, 2.75) is 19.0 Å². The Bertz CT molecular complexity index is 677. The van der Waals surface area contributed by atoms with Crippen molar-refractivity contribution in [3.63, 3.8) is 0 Å². The van der Waals surface area contributed by atoms with Gasteiger partial charge in [0.2, 0.25) is 0 Å². The van der Waals surface area contributed by atoms with Gasteiger partial charge in [-0.25, -0.2) is 4.98 Å². The van der Waals surface area contributed by atoms with Crippen molar-refractivity contribution in [2.75, 3.05) is 0 Å². The normalized spacial score (nSPS) is 12.7. The number of pyridine rings is 1. The molecule has 0 aliphatic carbocycles. The van der Waals surface area contributed by atoms with Crippen LogP contribution >= 0.6 is 0 Å². The van der Waals surface area contributed by atoms with Gasteiger partial charge in [0.15, 0.2) is 0 Å². The first-order chi connectivity index (χ1) is 9.86. The molecule has 5 nitrogen and oxygen atoms in total. The SMILES string of the molecule is NNC(Cc1ccncc1)Cn1cnc2ccccc21. The molecular formula is C15H17N5. The number of rotatable bonds is 5. The molecule has 0 aliphatic rings. The maximum Gasteiger partial charge on any atom is 0.0958 e. The van der Waals surface area contributed by atoms with Crippen LogP contribution in [0.1, 0.15) is 5.56 Å². The largest absolute Gasteiger partial charge is 0.329 e. The Morgan fingerprint density at radius 2 is 1.95 bits per heavy atom. The summed E-state index contributed by atoms with van der Waals surface area (Å²) in [6.07, 6.45) is 6.32. The van der Waals surface area contributed by atoms with Crippen LogP contribution < -0.4 is 11.3 Å². The first kappa shape index (κ1) is 12.8. The lowest BCUT2D eigenvalue weighted by molar-refractivity contribution is 0.460. The average molecular weight is 267 g/mol. The molecule has 0 aliphatic heterocycles. The highest BCUT2D eigenvalue weighted by Crippen LogP contribution is 2.13. The molecule has 3 rings (SSSR count). The number of imidazole rings is 1. The van der Waals surface area contributed by atoms with Crippen LogP contribution in [-0.4, -0.2) is 20.6 Å². The monoisotopic (exact) mass is 267 g/mol. The maximum absolute atomic E-state index is 5.68. The van der Waals surface area contributed by atoms with E-state index in [4.69, 9.17) is 5.84 Å². The van der Waals surface area contributed by atoms with Crippen molar-refractivity contribution in [3.05, 3.63) is 60.7 Å². The number of benzene rings is 1. The fraction of sp³-hybridized carbons (Fsp3) is 0.200. The first-order valence-electron chi connectivity index (χ1n) is 6.62. The predicted octanol–water partition coefficient (Wildman–Crippen LogP) is 1.51. The molecule has 0 saturated heterocycles. The molecule has 1 atom stereocenters. The Kier molecular flexibility index (Phi) is 3.71. The van der Waals surface area contributed by atoms with Crippen molar-refractivity contribution in [1.82, 2.24) is 20.0 Å². The second kappa shape index (κ2) is 5.81. The Balaban J connectivity index is 1.78. The third-order valence-electron chi connectivity index (χ3n) is 3.41. The molecule has 0 saturated carbocycles. The summed E-state index contributed by atoms with van der Waals surface area (Å²) in [5.41, 5.74) is 6.23. The molecule has 3 aromatic rings. The molecule has 0 fully saturated rings. The molecule has 0 bridgehead atoms. The minimum atomic E-state index is 0.148. The molecule has 2 aromatic heterocycles. The van der Waals surface area contributed by atoms with Crippen molar-refractivity contribution in [2.24, 2.45) is 5.84 Å². The van der Waals surface area contributed by atoms with Gasteiger partial charge in [0.05, 0.1) is 17.4 Å². The summed E-state index contributed by atoms with van der Waals surface area (Å²) in [7, 11) is 0. The number of nitrogens with one attached hydrogen (secondary N) is 1. The van der Waals surface area contributed by atoms with Gasteiger partial charge in [-0.3, -0.25) is 16.3 Å². The highest BCUT2D eigenvalue weighted by Gasteiger charge is 2.10. The van der Waals surface area contributed by atoms with E-state index >= 15 is 0 Å². The van der Waals surface area contributed by atoms with Gasteiger partial charge in [0.1, 0.15) is 0 Å². The zero-order valence-corrected chi connectivity index (χ0v) is 11.1. The van der Waals surface area contributed by atoms with Crippen LogP contribution in [0, 0.1) is 0 Å². The van der Waals surface area contributed by atoms with Crippen molar-refractivity contribution < 1.29 is 0 Å². The van der Waals surface area contributed by atoms with E-state index in [2.05, 4.69) is 26.0 Å². The van der Waals surface area contributed by atoms with Crippen LogP contribution in [0.3, 0.4) is 0 Å². The Morgan fingerprint density at radius 1 is 1.15 bits per heavy atom. The van der Waals surface area contributed by atoms with Gasteiger partial charge in [-0.2, -0.15) is 0 Å². The van der Waals surface area contributed by atoms with Crippen molar-refractivity contribution in [1.29, 1.82) is 0 Å². The molecule has 20 heavy (non-hydrogen) atoms. The van der Waals surface area contributed by atoms with Gasteiger partial charge in [-0.1, -0.05) is 12.1 Å². The van der Waals surface area contributed by atoms with Gasteiger partial charge in [0, 0.05) is 25.0 Å². The molecule has 102 valence electrons. The summed E-state index contributed by atoms with van der Waals surface area (Å²) in [6, 6.07) is 12.3. The molecule has 5 heteroatoms. The van der Waals surface area contributed by atoms with E-state index in [1.165, 1.54) is 5.56 Å². The summed E-state index contributed by atoms with van der Waals surface area (Å²) >= 11 is 0. The summed E-state index contributed by atoms with van der Waals surface area (Å²) in [4.78, 5) is 8.43. The number of hydrazine groups is 1. The van der Waals surface area contributed by atoms with E-state index in [0.29, 0.717) is 0 Å². The number of fused-ring (bicyclic) bond motifs is 1. The van der Waals surface area contributed by atoms with Gasteiger partial charge in [0.25, 0.3) is 0 Å². The van der Waals surface area contributed by atoms with E-state index in [0.717, 1.165) is 24.0 Å². The molecule has 1 aromatic carbocycles. The first-order valence-corrected chi connectivity index (χ1v) is 6.62. The number of nitrogens with zero attached hydrogens (tertiary/aromatic N) is 3. The fourth-order valence-electron chi connectivity index (χ4n) is 2.37. The lowest BCUT2D eigenvalue weighted by atomic mass is 10.1. The Morgan fingerprint density at radius 3 is 2.75 bits per heavy atom. The van der Waals surface area contributed by atoms with Crippen LogP contribution in [0.4, 0.5) is 0 Å². The van der Waals surface area contributed by atoms with E-state index in [-0.39, 0.29) is 6.04 Å². The highest BCUT2D eigenvalue weighted by atomic mass is 15.2. The zero-order valence-electron chi connectivity index (χ0n) is 11.1. The quantitative estimate of drug-likeness (QED) is 0.543. The fourth-order valence-corrected chi connectivity index (χ4v) is 2.37. The molecule has 0 spiro atoms. The van der Waals surface area contributed by atoms with Gasteiger partial charge in [-0.05, 0) is 36.2 Å². The standard InChI is InChI=1S/C15H17N5/c16-19-13(9-12-5-7-17-8-6-12)10-20-11-18-14-3-1-2-4-15(14)20/h1-8,11,13,19H,9-10,16H2. The summed E-state index contributed by atoms with van der Waals surface area (Å²) in [6.45, 7) is 0.777. The maximum atomic E-state index is 5.68. The highest BCUT2D eigenvalue weighted by molar-refractivity contribution is 5.74. The van der Waals surface area contributed by atoms with Gasteiger partial charge < -0.3 is 4.57 Å². The van der Waals surface area contributed by atoms with Gasteiger partial charge >= 0.3 is 0 Å². The molecule has 0 amide bonds. The van der Waals surface area contributed by atoms with Crippen LogP contribution in [0.2, 0.25) is 0 Å². The van der Waals surface area contributed by atoms with Crippen LogP contribution in [0.5, 0.6) is 0 Å². The van der Waals surface area contributed by atoms with E-state index < -0.39 is 0 Å². The molecular weight excluding hydrogens is 250 g/mol. The number of para-hydroxylation sites is 2. The number of nitrogens with two attached hydrogens (primary N) is 1. The average Bonchev–Trinajstić information content (AvgIpc) is 2.91. The van der Waals surface area contributed by atoms with Crippen molar-refractivity contribution in [3.8, 4) is 0 Å². The zero-order chi connectivity index (χ0) is 13.8. The molecule has 0 radical (unpaired) electrons. The van der Waals surface area contributed by atoms with Gasteiger partial charge in [-0.15, -0.1) is 0 Å². The lowest BCUT2D eigenvalue weighted by Gasteiger charge is -2.17. The minimum absolute atomic E-state index is 0.148. The summed E-state index contributed by atoms with van der Waals surface area (Å²) in [5, 5.41) is 0. The van der Waals surface area contributed by atoms with Crippen LogP contribution in [-0.2, 0) is 13.0 Å². The Labute approximate surface area is 117 Å². The lowest BCUT2D eigenvalue weighted by Crippen LogP contribution is -2.39. The van der Waals surface area contributed by atoms with E-state index in [1.807, 2.05) is 36.7 Å². The van der Waals surface area contributed by atoms with E-state index in [1.54, 1.807) is 12.4 Å². The molecule has 3 N–H and O–H groups in total. The third kappa shape index (κ3) is 2.68. The number of hydrogen-bond donors (Lipinski definition) is 2. The second-order valence-corrected chi connectivity index (χ2v) is 4.81. The van der Waals surface area contributed by atoms with E-state index in [9.17, 15) is 0 Å². The number of aromatic nitrogens is 3. The topological polar surface area (TPSA) is 68.8 Å². The third-order valence-corrected chi connectivity index (χ3v) is 3.41. The minimum Gasteiger partial charge on any atom is -0.329 e. The number of hydrogen-bond acceptors (Lipinski definition) is 4. The van der Waals surface area contributed by atoms with Crippen LogP contribution in [0.15, 0.2) is 55.1 Å². The summed E-state index contributed by atoms with van der Waals surface area (Å²) in [5.74, 6) is 5.68. The summed E-state index contributed by atoms with van der Waals surface area (Å²) < 4.78 is 2.13. The molecule has 2 heterocycles. The van der Waals surface area contributed by atoms with Crippen molar-refractivity contribution >= 4 is 11.0 Å². The van der Waals surface area contributed by atoms with Crippen LogP contribution in [0.25, 0.3) is 11.0 Å². The molecule has 1 unspecified atom stereocenters.